The number of carbonyl (C=O) groups is 3. The van der Waals surface area contributed by atoms with Gasteiger partial charge in [0.25, 0.3) is 5.91 Å². The lowest BCUT2D eigenvalue weighted by molar-refractivity contribution is -0.139. The zero-order valence-electron chi connectivity index (χ0n) is 20.9. The molecule has 0 atom stereocenters. The summed E-state index contributed by atoms with van der Waals surface area (Å²) in [5.74, 6) is -1.19. The van der Waals surface area contributed by atoms with Crippen LogP contribution in [0.2, 0.25) is 0 Å². The molecule has 0 fully saturated rings. The average molecular weight is 565 g/mol. The molecule has 192 valence electrons. The summed E-state index contributed by atoms with van der Waals surface area (Å²) in [4.78, 5) is 36.5. The summed E-state index contributed by atoms with van der Waals surface area (Å²) in [6.45, 7) is 6.16. The molecule has 0 aliphatic rings. The van der Waals surface area contributed by atoms with Crippen molar-refractivity contribution < 1.29 is 19.1 Å². The summed E-state index contributed by atoms with van der Waals surface area (Å²) in [6, 6.07) is 20.2. The van der Waals surface area contributed by atoms with Gasteiger partial charge in [-0.05, 0) is 59.9 Å². The SMILES string of the molecule is Cc1cc(NC(=O)COc2ccccc2/C=N\NC(=O)C(=O)NCc2ccc(C(C)C)cc2)ccc1Br. The van der Waals surface area contributed by atoms with Gasteiger partial charge < -0.3 is 15.4 Å². The van der Waals surface area contributed by atoms with E-state index in [1.807, 2.05) is 43.3 Å². The van der Waals surface area contributed by atoms with Gasteiger partial charge in [-0.15, -0.1) is 0 Å². The number of para-hydroxylation sites is 1. The van der Waals surface area contributed by atoms with E-state index in [0.717, 1.165) is 15.6 Å². The van der Waals surface area contributed by atoms with E-state index in [1.165, 1.54) is 11.8 Å². The fourth-order valence-electron chi connectivity index (χ4n) is 3.28. The van der Waals surface area contributed by atoms with Crippen LogP contribution in [0, 0.1) is 6.92 Å². The Balaban J connectivity index is 1.48. The summed E-state index contributed by atoms with van der Waals surface area (Å²) >= 11 is 3.43. The van der Waals surface area contributed by atoms with Crippen LogP contribution in [-0.4, -0.2) is 30.5 Å². The maximum atomic E-state index is 12.3. The highest BCUT2D eigenvalue weighted by molar-refractivity contribution is 9.10. The van der Waals surface area contributed by atoms with E-state index in [9.17, 15) is 14.4 Å². The van der Waals surface area contributed by atoms with Crippen LogP contribution in [0.25, 0.3) is 0 Å². The third kappa shape index (κ3) is 8.57. The molecule has 0 radical (unpaired) electrons. The molecule has 3 rings (SSSR count). The lowest BCUT2D eigenvalue weighted by Crippen LogP contribution is -2.37. The van der Waals surface area contributed by atoms with Gasteiger partial charge in [0, 0.05) is 22.3 Å². The van der Waals surface area contributed by atoms with Crippen molar-refractivity contribution in [1.82, 2.24) is 10.7 Å². The molecule has 0 unspecified atom stereocenters. The van der Waals surface area contributed by atoms with Crippen LogP contribution < -0.4 is 20.8 Å². The molecule has 3 aromatic rings. The lowest BCUT2D eigenvalue weighted by Gasteiger charge is -2.10. The first kappa shape index (κ1) is 27.6. The second kappa shape index (κ2) is 13.4. The quantitative estimate of drug-likeness (QED) is 0.199. The molecule has 0 saturated heterocycles. The average Bonchev–Trinajstić information content (AvgIpc) is 2.89. The highest BCUT2D eigenvalue weighted by atomic mass is 79.9. The summed E-state index contributed by atoms with van der Waals surface area (Å²) in [6.07, 6.45) is 1.35. The number of carbonyl (C=O) groups excluding carboxylic acids is 3. The van der Waals surface area contributed by atoms with Gasteiger partial charge in [-0.3, -0.25) is 14.4 Å². The Kier molecular flexibility index (Phi) is 9.97. The molecule has 0 spiro atoms. The van der Waals surface area contributed by atoms with Crippen molar-refractivity contribution in [2.75, 3.05) is 11.9 Å². The summed E-state index contributed by atoms with van der Waals surface area (Å²) in [5, 5.41) is 9.20. The van der Waals surface area contributed by atoms with Gasteiger partial charge in [0.15, 0.2) is 6.61 Å². The number of halogens is 1. The van der Waals surface area contributed by atoms with Crippen LogP contribution in [0.5, 0.6) is 5.75 Å². The molecule has 0 saturated carbocycles. The minimum atomic E-state index is -0.891. The summed E-state index contributed by atoms with van der Waals surface area (Å²) in [7, 11) is 0. The van der Waals surface area contributed by atoms with E-state index in [1.54, 1.807) is 30.3 Å². The molecule has 3 amide bonds. The van der Waals surface area contributed by atoms with E-state index in [2.05, 4.69) is 50.9 Å². The fraction of sp³-hybridized carbons (Fsp3) is 0.214. The zero-order valence-corrected chi connectivity index (χ0v) is 22.5. The molecular formula is C28H29BrN4O4. The first-order valence-corrected chi connectivity index (χ1v) is 12.5. The number of hydrogen-bond donors (Lipinski definition) is 3. The molecule has 0 aliphatic heterocycles. The molecule has 37 heavy (non-hydrogen) atoms. The van der Waals surface area contributed by atoms with Crippen LogP contribution in [-0.2, 0) is 20.9 Å². The number of anilines is 1. The number of hydrazone groups is 1. The van der Waals surface area contributed by atoms with E-state index < -0.39 is 11.8 Å². The summed E-state index contributed by atoms with van der Waals surface area (Å²) in [5.41, 5.74) is 6.48. The highest BCUT2D eigenvalue weighted by Gasteiger charge is 2.12. The van der Waals surface area contributed by atoms with E-state index in [4.69, 9.17) is 4.74 Å². The van der Waals surface area contributed by atoms with Crippen LogP contribution >= 0.6 is 15.9 Å². The van der Waals surface area contributed by atoms with Crippen molar-refractivity contribution in [3.05, 3.63) is 93.5 Å². The molecule has 0 heterocycles. The Morgan fingerprint density at radius 2 is 1.73 bits per heavy atom. The van der Waals surface area contributed by atoms with Gasteiger partial charge in [-0.2, -0.15) is 5.10 Å². The first-order chi connectivity index (χ1) is 17.7. The number of benzene rings is 3. The number of amides is 3. The third-order valence-corrected chi connectivity index (χ3v) is 6.28. The number of rotatable bonds is 9. The monoisotopic (exact) mass is 564 g/mol. The molecule has 0 aromatic heterocycles. The van der Waals surface area contributed by atoms with Gasteiger partial charge in [-0.1, -0.05) is 66.2 Å². The first-order valence-electron chi connectivity index (χ1n) is 11.7. The lowest BCUT2D eigenvalue weighted by atomic mass is 10.0. The second-order valence-electron chi connectivity index (χ2n) is 8.62. The predicted octanol–water partition coefficient (Wildman–Crippen LogP) is 4.66. The van der Waals surface area contributed by atoms with E-state index in [-0.39, 0.29) is 19.1 Å². The zero-order chi connectivity index (χ0) is 26.8. The van der Waals surface area contributed by atoms with Crippen LogP contribution in [0.1, 0.15) is 42.0 Å². The molecule has 0 aliphatic carbocycles. The van der Waals surface area contributed by atoms with E-state index in [0.29, 0.717) is 22.9 Å². The standard InChI is InChI=1S/C28H29BrN4O4/c1-18(2)21-10-8-20(9-11-21)15-30-27(35)28(36)33-31-16-22-6-4-5-7-25(22)37-17-26(34)32-23-12-13-24(29)19(3)14-23/h4-14,16,18H,15,17H2,1-3H3,(H,30,35)(H,32,34)(H,33,36)/b31-16-. The molecule has 3 N–H and O–H groups in total. The van der Waals surface area contributed by atoms with Crippen molar-refractivity contribution in [2.24, 2.45) is 5.10 Å². The molecule has 0 bridgehead atoms. The molecule has 8 nitrogen and oxygen atoms in total. The van der Waals surface area contributed by atoms with Gasteiger partial charge >= 0.3 is 11.8 Å². The highest BCUT2D eigenvalue weighted by Crippen LogP contribution is 2.20. The van der Waals surface area contributed by atoms with Crippen LogP contribution in [0.3, 0.4) is 0 Å². The van der Waals surface area contributed by atoms with Crippen molar-refractivity contribution in [3.63, 3.8) is 0 Å². The van der Waals surface area contributed by atoms with Crippen molar-refractivity contribution in [1.29, 1.82) is 0 Å². The molecular weight excluding hydrogens is 536 g/mol. The number of nitrogens with zero attached hydrogens (tertiary/aromatic N) is 1. The smallest absolute Gasteiger partial charge is 0.329 e. The molecule has 9 heteroatoms. The van der Waals surface area contributed by atoms with Gasteiger partial charge in [0.1, 0.15) is 5.75 Å². The minimum absolute atomic E-state index is 0.215. The normalized spacial score (nSPS) is 10.8. The van der Waals surface area contributed by atoms with Gasteiger partial charge in [0.05, 0.1) is 6.21 Å². The fourth-order valence-corrected chi connectivity index (χ4v) is 3.52. The maximum absolute atomic E-state index is 12.3. The number of hydrogen-bond acceptors (Lipinski definition) is 5. The predicted molar refractivity (Wildman–Crippen MR) is 148 cm³/mol. The Labute approximate surface area is 224 Å². The van der Waals surface area contributed by atoms with Crippen LogP contribution in [0.4, 0.5) is 5.69 Å². The second-order valence-corrected chi connectivity index (χ2v) is 9.47. The summed E-state index contributed by atoms with van der Waals surface area (Å²) < 4.78 is 6.59. The maximum Gasteiger partial charge on any atom is 0.329 e. The topological polar surface area (TPSA) is 109 Å². The number of aryl methyl sites for hydroxylation is 1. The Bertz CT molecular complexity index is 1290. The largest absolute Gasteiger partial charge is 0.483 e. The van der Waals surface area contributed by atoms with E-state index >= 15 is 0 Å². The van der Waals surface area contributed by atoms with Crippen molar-refractivity contribution in [3.8, 4) is 5.75 Å². The molecule has 3 aromatic carbocycles. The Morgan fingerprint density at radius 1 is 1.00 bits per heavy atom. The van der Waals surface area contributed by atoms with Crippen molar-refractivity contribution in [2.45, 2.75) is 33.2 Å². The van der Waals surface area contributed by atoms with Gasteiger partial charge in [0.2, 0.25) is 0 Å². The van der Waals surface area contributed by atoms with Gasteiger partial charge in [-0.25, -0.2) is 5.43 Å². The minimum Gasteiger partial charge on any atom is -0.483 e. The third-order valence-electron chi connectivity index (χ3n) is 5.39. The Morgan fingerprint density at radius 3 is 2.43 bits per heavy atom. The number of ether oxygens (including phenoxy) is 1. The number of nitrogens with one attached hydrogen (secondary N) is 3. The van der Waals surface area contributed by atoms with Crippen LogP contribution in [0.15, 0.2) is 76.3 Å². The van der Waals surface area contributed by atoms with Crippen molar-refractivity contribution >= 4 is 45.6 Å². The Hall–Kier alpha value is -3.98.